The highest BCUT2D eigenvalue weighted by Crippen LogP contribution is 2.34. The van der Waals surface area contributed by atoms with Gasteiger partial charge in [-0.2, -0.15) is 0 Å². The van der Waals surface area contributed by atoms with E-state index in [2.05, 4.69) is 11.9 Å². The molecular formula is C17H23NO7S2. The van der Waals surface area contributed by atoms with Gasteiger partial charge in [0, 0.05) is 12.7 Å². The van der Waals surface area contributed by atoms with Crippen molar-refractivity contribution in [2.45, 2.75) is 26.7 Å². The first-order valence-electron chi connectivity index (χ1n) is 8.16. The van der Waals surface area contributed by atoms with Crippen molar-refractivity contribution in [2.75, 3.05) is 30.5 Å². The van der Waals surface area contributed by atoms with Gasteiger partial charge in [0.05, 0.1) is 17.9 Å². The molecule has 0 aromatic carbocycles. The van der Waals surface area contributed by atoms with Crippen LogP contribution in [0.1, 0.15) is 45.4 Å². The van der Waals surface area contributed by atoms with Crippen molar-refractivity contribution in [1.29, 1.82) is 0 Å². The molecule has 0 fully saturated rings. The highest BCUT2D eigenvalue weighted by molar-refractivity contribution is 7.90. The van der Waals surface area contributed by atoms with E-state index in [0.29, 0.717) is 5.56 Å². The Hall–Kier alpha value is -2.20. The smallest absolute Gasteiger partial charge is 0.348 e. The summed E-state index contributed by atoms with van der Waals surface area (Å²) in [7, 11) is -3.17. The van der Waals surface area contributed by atoms with Crippen LogP contribution in [0, 0.1) is 6.92 Å². The quantitative estimate of drug-likeness (QED) is 0.459. The van der Waals surface area contributed by atoms with Gasteiger partial charge in [0.15, 0.2) is 0 Å². The monoisotopic (exact) mass is 417 g/mol. The summed E-state index contributed by atoms with van der Waals surface area (Å²) in [4.78, 5) is 36.7. The maximum Gasteiger partial charge on any atom is 0.348 e. The molecule has 27 heavy (non-hydrogen) atoms. The van der Waals surface area contributed by atoms with Crippen molar-refractivity contribution in [3.8, 4) is 0 Å². The second-order valence-electron chi connectivity index (χ2n) is 5.65. The molecule has 0 saturated carbocycles. The molecule has 0 aliphatic heterocycles. The molecule has 1 rings (SSSR count). The van der Waals surface area contributed by atoms with Gasteiger partial charge in [0.2, 0.25) is 5.91 Å². The fourth-order valence-electron chi connectivity index (χ4n) is 2.13. The van der Waals surface area contributed by atoms with E-state index in [9.17, 15) is 22.8 Å². The normalized spacial score (nSPS) is 10.9. The lowest BCUT2D eigenvalue weighted by atomic mass is 10.1. The summed E-state index contributed by atoms with van der Waals surface area (Å²) in [6.45, 7) is 6.81. The van der Waals surface area contributed by atoms with Crippen LogP contribution >= 0.6 is 11.3 Å². The summed E-state index contributed by atoms with van der Waals surface area (Å²) in [6.07, 6.45) is 2.62. The average Bonchev–Trinajstić information content (AvgIpc) is 2.87. The first-order chi connectivity index (χ1) is 12.6. The topological polar surface area (TPSA) is 116 Å². The van der Waals surface area contributed by atoms with Crippen LogP contribution in [-0.4, -0.2) is 51.5 Å². The molecule has 1 amide bonds. The summed E-state index contributed by atoms with van der Waals surface area (Å²) in [6, 6.07) is 0. The number of carbonyl (C=O) groups is 3. The van der Waals surface area contributed by atoms with Crippen LogP contribution in [0.15, 0.2) is 12.7 Å². The van der Waals surface area contributed by atoms with E-state index >= 15 is 0 Å². The van der Waals surface area contributed by atoms with Gasteiger partial charge < -0.3 is 14.8 Å². The third kappa shape index (κ3) is 7.14. The molecule has 0 unspecified atom stereocenters. The Morgan fingerprint density at radius 1 is 1.22 bits per heavy atom. The number of sulfone groups is 1. The van der Waals surface area contributed by atoms with Crippen molar-refractivity contribution in [3.05, 3.63) is 28.7 Å². The van der Waals surface area contributed by atoms with Crippen molar-refractivity contribution in [2.24, 2.45) is 0 Å². The Kier molecular flexibility index (Phi) is 8.64. The van der Waals surface area contributed by atoms with E-state index in [1.165, 1.54) is 6.08 Å². The molecule has 0 spiro atoms. The molecule has 0 atom stereocenters. The number of amides is 1. The average molecular weight is 418 g/mol. The lowest BCUT2D eigenvalue weighted by molar-refractivity contribution is -0.116. The van der Waals surface area contributed by atoms with E-state index in [1.807, 2.05) is 0 Å². The molecule has 0 saturated heterocycles. The predicted molar refractivity (Wildman–Crippen MR) is 103 cm³/mol. The Balaban J connectivity index is 3.05. The minimum absolute atomic E-state index is 0.0120. The molecule has 1 aromatic heterocycles. The Labute approximate surface area is 162 Å². The van der Waals surface area contributed by atoms with Gasteiger partial charge in [0.1, 0.15) is 26.3 Å². The van der Waals surface area contributed by atoms with Gasteiger partial charge in [-0.25, -0.2) is 18.0 Å². The molecule has 0 aliphatic rings. The highest BCUT2D eigenvalue weighted by atomic mass is 32.2. The van der Waals surface area contributed by atoms with Crippen LogP contribution in [0.25, 0.3) is 0 Å². The van der Waals surface area contributed by atoms with Gasteiger partial charge in [-0.05, 0) is 25.8 Å². The number of thiophene rings is 1. The molecule has 0 aliphatic carbocycles. The largest absolute Gasteiger partial charge is 0.462 e. The number of nitrogens with one attached hydrogen (secondary N) is 1. The lowest BCUT2D eigenvalue weighted by Crippen LogP contribution is -2.15. The number of ether oxygens (including phenoxy) is 2. The molecule has 10 heteroatoms. The third-order valence-electron chi connectivity index (χ3n) is 3.32. The Morgan fingerprint density at radius 3 is 2.44 bits per heavy atom. The highest BCUT2D eigenvalue weighted by Gasteiger charge is 2.27. The van der Waals surface area contributed by atoms with Gasteiger partial charge in [-0.1, -0.05) is 12.7 Å². The lowest BCUT2D eigenvalue weighted by Gasteiger charge is -2.07. The second kappa shape index (κ2) is 10.2. The molecule has 0 bridgehead atoms. The van der Waals surface area contributed by atoms with Crippen LogP contribution in [0.3, 0.4) is 0 Å². The number of carbonyl (C=O) groups excluding carboxylic acids is 3. The SMILES string of the molecule is C=CCOC(=O)c1sc(NC(=O)CCCS(C)(=O)=O)c(C(=O)OCC)c1C. The zero-order valence-corrected chi connectivity index (χ0v) is 17.1. The van der Waals surface area contributed by atoms with Gasteiger partial charge in [-0.3, -0.25) is 4.79 Å². The van der Waals surface area contributed by atoms with Crippen LogP contribution < -0.4 is 5.32 Å². The maximum absolute atomic E-state index is 12.2. The number of anilines is 1. The molecule has 1 heterocycles. The summed E-state index contributed by atoms with van der Waals surface area (Å²) < 4.78 is 32.3. The van der Waals surface area contributed by atoms with E-state index in [4.69, 9.17) is 9.47 Å². The van der Waals surface area contributed by atoms with Crippen LogP contribution in [0.2, 0.25) is 0 Å². The zero-order chi connectivity index (χ0) is 20.6. The number of rotatable bonds is 10. The van der Waals surface area contributed by atoms with Crippen molar-refractivity contribution in [3.63, 3.8) is 0 Å². The second-order valence-corrected chi connectivity index (χ2v) is 8.93. The first kappa shape index (κ1) is 22.8. The zero-order valence-electron chi connectivity index (χ0n) is 15.5. The van der Waals surface area contributed by atoms with E-state index in [0.717, 1.165) is 17.6 Å². The third-order valence-corrected chi connectivity index (χ3v) is 5.53. The minimum Gasteiger partial charge on any atom is -0.462 e. The van der Waals surface area contributed by atoms with Crippen molar-refractivity contribution < 1.29 is 32.3 Å². The molecule has 1 N–H and O–H groups in total. The van der Waals surface area contributed by atoms with E-state index in [-0.39, 0.29) is 47.2 Å². The fourth-order valence-corrected chi connectivity index (χ4v) is 3.90. The van der Waals surface area contributed by atoms with E-state index in [1.54, 1.807) is 13.8 Å². The molecule has 8 nitrogen and oxygen atoms in total. The summed E-state index contributed by atoms with van der Waals surface area (Å²) in [5.41, 5.74) is 0.433. The summed E-state index contributed by atoms with van der Waals surface area (Å²) in [5, 5.41) is 2.73. The van der Waals surface area contributed by atoms with Crippen molar-refractivity contribution >= 4 is 44.0 Å². The Morgan fingerprint density at radius 2 is 1.89 bits per heavy atom. The summed E-state index contributed by atoms with van der Waals surface area (Å²) in [5.74, 6) is -1.88. The first-order valence-corrected chi connectivity index (χ1v) is 11.0. The molecular weight excluding hydrogens is 394 g/mol. The van der Waals surface area contributed by atoms with Gasteiger partial charge in [-0.15, -0.1) is 11.3 Å². The standard InChI is InChI=1S/C17H23NO7S2/c1-5-9-25-17(21)14-11(3)13(16(20)24-6-2)15(26-14)18-12(19)8-7-10-27(4,22)23/h5H,1,6-10H2,2-4H3,(H,18,19). The molecule has 0 radical (unpaired) electrons. The van der Waals surface area contributed by atoms with Crippen LogP contribution in [-0.2, 0) is 24.1 Å². The maximum atomic E-state index is 12.2. The fraction of sp³-hybridized carbons (Fsp3) is 0.471. The summed E-state index contributed by atoms with van der Waals surface area (Å²) >= 11 is 0.906. The number of hydrogen-bond acceptors (Lipinski definition) is 8. The number of hydrogen-bond donors (Lipinski definition) is 1. The van der Waals surface area contributed by atoms with Crippen molar-refractivity contribution in [1.82, 2.24) is 0 Å². The van der Waals surface area contributed by atoms with Crippen LogP contribution in [0.5, 0.6) is 0 Å². The van der Waals surface area contributed by atoms with Gasteiger partial charge >= 0.3 is 11.9 Å². The molecule has 1 aromatic rings. The van der Waals surface area contributed by atoms with Crippen LogP contribution in [0.4, 0.5) is 5.00 Å². The minimum atomic E-state index is -3.17. The van der Waals surface area contributed by atoms with Gasteiger partial charge in [0.25, 0.3) is 0 Å². The number of esters is 2. The molecule has 150 valence electrons. The Bertz CT molecular complexity index is 825. The predicted octanol–water partition coefficient (Wildman–Crippen LogP) is 2.34. The van der Waals surface area contributed by atoms with E-state index < -0.39 is 27.7 Å².